The van der Waals surface area contributed by atoms with E-state index in [1.165, 1.54) is 0 Å². The lowest BCUT2D eigenvalue weighted by Crippen LogP contribution is -2.43. The van der Waals surface area contributed by atoms with Crippen LogP contribution in [-0.4, -0.2) is 16.5 Å². The molecule has 0 aromatic heterocycles. The standard InChI is InChI=1S/C14H19NO2/c1-5-11-15(14(2,3)4)13(16)17-12-9-7-6-8-10-12/h5-11H,1-4H3. The van der Waals surface area contributed by atoms with Gasteiger partial charge < -0.3 is 4.74 Å². The lowest BCUT2D eigenvalue weighted by atomic mass is 10.1. The summed E-state index contributed by atoms with van der Waals surface area (Å²) in [6.45, 7) is 7.74. The fraction of sp³-hybridized carbons (Fsp3) is 0.357. The molecule has 0 N–H and O–H groups in total. The van der Waals surface area contributed by atoms with Gasteiger partial charge in [0.1, 0.15) is 5.75 Å². The van der Waals surface area contributed by atoms with Crippen LogP contribution < -0.4 is 4.74 Å². The molecule has 0 saturated carbocycles. The van der Waals surface area contributed by atoms with Crippen molar-refractivity contribution in [2.75, 3.05) is 0 Å². The van der Waals surface area contributed by atoms with Gasteiger partial charge in [-0.05, 0) is 39.8 Å². The molecule has 92 valence electrons. The number of para-hydroxylation sites is 1. The highest BCUT2D eigenvalue weighted by Crippen LogP contribution is 2.17. The zero-order valence-electron chi connectivity index (χ0n) is 10.8. The van der Waals surface area contributed by atoms with Crippen LogP contribution >= 0.6 is 0 Å². The summed E-state index contributed by atoms with van der Waals surface area (Å²) in [5, 5.41) is 0. The fourth-order valence-corrected chi connectivity index (χ4v) is 1.35. The van der Waals surface area contributed by atoms with Gasteiger partial charge in [-0.2, -0.15) is 0 Å². The van der Waals surface area contributed by atoms with Crippen LogP contribution in [0.1, 0.15) is 27.7 Å². The highest BCUT2D eigenvalue weighted by Gasteiger charge is 2.25. The van der Waals surface area contributed by atoms with Crippen LogP contribution in [0.2, 0.25) is 0 Å². The summed E-state index contributed by atoms with van der Waals surface area (Å²) >= 11 is 0. The van der Waals surface area contributed by atoms with E-state index in [1.807, 2.05) is 52.0 Å². The lowest BCUT2D eigenvalue weighted by Gasteiger charge is -2.31. The summed E-state index contributed by atoms with van der Waals surface area (Å²) in [6, 6.07) is 9.06. The van der Waals surface area contributed by atoms with E-state index in [1.54, 1.807) is 23.2 Å². The Labute approximate surface area is 103 Å². The first kappa shape index (κ1) is 13.3. The maximum absolute atomic E-state index is 12.0. The predicted molar refractivity (Wildman–Crippen MR) is 68.9 cm³/mol. The lowest BCUT2D eigenvalue weighted by molar-refractivity contribution is 0.136. The molecule has 0 heterocycles. The molecule has 0 spiro atoms. The predicted octanol–water partition coefficient (Wildman–Crippen LogP) is 3.82. The molecular formula is C14H19NO2. The minimum atomic E-state index is -0.373. The monoisotopic (exact) mass is 233 g/mol. The van der Waals surface area contributed by atoms with Gasteiger partial charge in [0.05, 0.1) is 0 Å². The molecule has 1 aromatic rings. The molecule has 0 fully saturated rings. The van der Waals surface area contributed by atoms with Crippen LogP contribution in [0.15, 0.2) is 42.6 Å². The number of rotatable bonds is 2. The first-order valence-electron chi connectivity index (χ1n) is 5.64. The zero-order chi connectivity index (χ0) is 12.9. The average molecular weight is 233 g/mol. The first-order valence-corrected chi connectivity index (χ1v) is 5.64. The van der Waals surface area contributed by atoms with E-state index >= 15 is 0 Å². The molecule has 0 unspecified atom stereocenters. The summed E-state index contributed by atoms with van der Waals surface area (Å²) in [5.41, 5.74) is -0.307. The summed E-state index contributed by atoms with van der Waals surface area (Å²) in [6.07, 6.45) is 3.17. The van der Waals surface area contributed by atoms with Crippen molar-refractivity contribution in [1.82, 2.24) is 4.90 Å². The Bertz CT molecular complexity index is 390. The third-order valence-electron chi connectivity index (χ3n) is 2.17. The summed E-state index contributed by atoms with van der Waals surface area (Å²) in [4.78, 5) is 13.6. The first-order chi connectivity index (χ1) is 7.95. The van der Waals surface area contributed by atoms with Crippen molar-refractivity contribution in [3.8, 4) is 5.75 Å². The van der Waals surface area contributed by atoms with Gasteiger partial charge in [0.15, 0.2) is 0 Å². The van der Waals surface area contributed by atoms with Crippen molar-refractivity contribution >= 4 is 6.09 Å². The fourth-order valence-electron chi connectivity index (χ4n) is 1.35. The number of benzene rings is 1. The van der Waals surface area contributed by atoms with Gasteiger partial charge >= 0.3 is 6.09 Å². The number of hydrogen-bond acceptors (Lipinski definition) is 2. The minimum Gasteiger partial charge on any atom is -0.410 e. The second-order valence-corrected chi connectivity index (χ2v) is 4.70. The summed E-state index contributed by atoms with van der Waals surface area (Å²) in [5.74, 6) is 0.552. The van der Waals surface area contributed by atoms with E-state index in [9.17, 15) is 4.79 Å². The zero-order valence-corrected chi connectivity index (χ0v) is 10.8. The molecule has 1 aromatic carbocycles. The van der Waals surface area contributed by atoms with Crippen molar-refractivity contribution < 1.29 is 9.53 Å². The van der Waals surface area contributed by atoms with Gasteiger partial charge in [0, 0.05) is 11.7 Å². The topological polar surface area (TPSA) is 29.5 Å². The number of amides is 1. The molecule has 17 heavy (non-hydrogen) atoms. The molecule has 0 aliphatic rings. The summed E-state index contributed by atoms with van der Waals surface area (Å²) < 4.78 is 5.29. The molecule has 3 nitrogen and oxygen atoms in total. The molecule has 1 rings (SSSR count). The van der Waals surface area contributed by atoms with E-state index in [-0.39, 0.29) is 11.6 Å². The third-order valence-corrected chi connectivity index (χ3v) is 2.17. The van der Waals surface area contributed by atoms with Crippen molar-refractivity contribution in [3.63, 3.8) is 0 Å². The van der Waals surface area contributed by atoms with Crippen LogP contribution in [0, 0.1) is 0 Å². The van der Waals surface area contributed by atoms with Crippen molar-refractivity contribution in [1.29, 1.82) is 0 Å². The Morgan fingerprint density at radius 3 is 2.29 bits per heavy atom. The second kappa shape index (κ2) is 5.53. The number of carbonyl (C=O) groups excluding carboxylic acids is 1. The Hall–Kier alpha value is -1.77. The molecule has 1 amide bonds. The maximum atomic E-state index is 12.0. The normalized spacial score (nSPS) is 11.5. The number of nitrogens with zero attached hydrogens (tertiary/aromatic N) is 1. The molecule has 3 heteroatoms. The van der Waals surface area contributed by atoms with Gasteiger partial charge in [-0.25, -0.2) is 4.79 Å². The molecular weight excluding hydrogens is 214 g/mol. The van der Waals surface area contributed by atoms with Crippen LogP contribution in [0.4, 0.5) is 4.79 Å². The molecule has 0 aliphatic carbocycles. The smallest absolute Gasteiger partial charge is 0.410 e. The highest BCUT2D eigenvalue weighted by molar-refractivity contribution is 5.72. The van der Waals surface area contributed by atoms with Crippen molar-refractivity contribution in [3.05, 3.63) is 42.6 Å². The Kier molecular flexibility index (Phi) is 4.32. The molecule has 0 bridgehead atoms. The molecule has 0 atom stereocenters. The minimum absolute atomic E-state index is 0.307. The highest BCUT2D eigenvalue weighted by atomic mass is 16.6. The van der Waals surface area contributed by atoms with E-state index in [4.69, 9.17) is 4.74 Å². The SMILES string of the molecule is CC=CN(C(=O)Oc1ccccc1)C(C)(C)C. The number of hydrogen-bond donors (Lipinski definition) is 0. The quantitative estimate of drug-likeness (QED) is 0.777. The largest absolute Gasteiger partial charge is 0.419 e. The van der Waals surface area contributed by atoms with E-state index in [2.05, 4.69) is 0 Å². The van der Waals surface area contributed by atoms with E-state index in [0.29, 0.717) is 5.75 Å². The van der Waals surface area contributed by atoms with Crippen LogP contribution in [0.25, 0.3) is 0 Å². The molecule has 0 radical (unpaired) electrons. The Morgan fingerprint density at radius 1 is 1.24 bits per heavy atom. The van der Waals surface area contributed by atoms with Gasteiger partial charge in [0.25, 0.3) is 0 Å². The van der Waals surface area contributed by atoms with Gasteiger partial charge in [-0.15, -0.1) is 0 Å². The van der Waals surface area contributed by atoms with Crippen molar-refractivity contribution in [2.24, 2.45) is 0 Å². The molecule has 0 aliphatic heterocycles. The van der Waals surface area contributed by atoms with Gasteiger partial charge in [-0.3, -0.25) is 4.90 Å². The van der Waals surface area contributed by atoms with Gasteiger partial charge in [0.2, 0.25) is 0 Å². The second-order valence-electron chi connectivity index (χ2n) is 4.70. The number of allylic oxidation sites excluding steroid dienone is 1. The Balaban J connectivity index is 2.80. The van der Waals surface area contributed by atoms with Crippen LogP contribution in [-0.2, 0) is 0 Å². The van der Waals surface area contributed by atoms with Crippen LogP contribution in [0.5, 0.6) is 5.75 Å². The molecule has 0 saturated heterocycles. The Morgan fingerprint density at radius 2 is 1.82 bits per heavy atom. The number of ether oxygens (including phenoxy) is 1. The van der Waals surface area contributed by atoms with E-state index in [0.717, 1.165) is 0 Å². The van der Waals surface area contributed by atoms with E-state index < -0.39 is 0 Å². The average Bonchev–Trinajstić information content (AvgIpc) is 2.25. The van der Waals surface area contributed by atoms with Crippen molar-refractivity contribution in [2.45, 2.75) is 33.2 Å². The number of carbonyl (C=O) groups is 1. The third kappa shape index (κ3) is 3.94. The van der Waals surface area contributed by atoms with Crippen LogP contribution in [0.3, 0.4) is 0 Å². The maximum Gasteiger partial charge on any atom is 0.419 e. The van der Waals surface area contributed by atoms with Gasteiger partial charge in [-0.1, -0.05) is 24.3 Å². The summed E-state index contributed by atoms with van der Waals surface area (Å²) in [7, 11) is 0.